The Kier molecular flexibility index (Phi) is 5.01. The third-order valence-corrected chi connectivity index (χ3v) is 5.62. The van der Waals surface area contributed by atoms with Gasteiger partial charge in [0.05, 0.1) is 17.8 Å². The Bertz CT molecular complexity index is 831. The van der Waals surface area contributed by atoms with Crippen molar-refractivity contribution < 1.29 is 17.6 Å². The van der Waals surface area contributed by atoms with Crippen LogP contribution >= 0.6 is 0 Å². The lowest BCUT2D eigenvalue weighted by Crippen LogP contribution is -2.42. The van der Waals surface area contributed by atoms with Gasteiger partial charge in [-0.05, 0) is 5.56 Å². The van der Waals surface area contributed by atoms with Gasteiger partial charge in [0.25, 0.3) is 0 Å². The molecule has 0 radical (unpaired) electrons. The van der Waals surface area contributed by atoms with Gasteiger partial charge in [-0.1, -0.05) is 30.3 Å². The van der Waals surface area contributed by atoms with E-state index in [-0.39, 0.29) is 11.5 Å². The van der Waals surface area contributed by atoms with E-state index >= 15 is 0 Å². The highest BCUT2D eigenvalue weighted by molar-refractivity contribution is 7.91. The molecule has 0 unspecified atom stereocenters. The van der Waals surface area contributed by atoms with Crippen LogP contribution in [0.1, 0.15) is 0 Å². The standard InChI is InChI=1S/C17H19NO5S/c19-17-16(14-4-2-1-3-5-14)15(6-10-23-17)22-11-7-18-8-12-24(20,21)13-9-18/h1-6,10H,7-9,11-13H2. The van der Waals surface area contributed by atoms with E-state index in [1.54, 1.807) is 6.07 Å². The van der Waals surface area contributed by atoms with Crippen molar-refractivity contribution in [1.82, 2.24) is 4.90 Å². The van der Waals surface area contributed by atoms with Crippen molar-refractivity contribution >= 4 is 9.84 Å². The zero-order chi connectivity index (χ0) is 17.0. The Labute approximate surface area is 140 Å². The molecule has 6 nitrogen and oxygen atoms in total. The van der Waals surface area contributed by atoms with Crippen molar-refractivity contribution in [2.45, 2.75) is 0 Å². The molecule has 2 heterocycles. The number of rotatable bonds is 5. The van der Waals surface area contributed by atoms with Crippen LogP contribution in [0.2, 0.25) is 0 Å². The number of nitrogens with zero attached hydrogens (tertiary/aromatic N) is 1. The summed E-state index contributed by atoms with van der Waals surface area (Å²) in [6, 6.07) is 10.9. The van der Waals surface area contributed by atoms with Crippen LogP contribution in [0.15, 0.2) is 51.9 Å². The Morgan fingerprint density at radius 3 is 2.50 bits per heavy atom. The first-order valence-electron chi connectivity index (χ1n) is 7.78. The van der Waals surface area contributed by atoms with Crippen LogP contribution in [0.25, 0.3) is 11.1 Å². The highest BCUT2D eigenvalue weighted by Gasteiger charge is 2.21. The summed E-state index contributed by atoms with van der Waals surface area (Å²) in [6.45, 7) is 2.04. The molecule has 1 aliphatic heterocycles. The molecule has 0 spiro atoms. The van der Waals surface area contributed by atoms with E-state index in [9.17, 15) is 13.2 Å². The van der Waals surface area contributed by atoms with E-state index in [2.05, 4.69) is 4.90 Å². The summed E-state index contributed by atoms with van der Waals surface area (Å²) < 4.78 is 33.6. The maximum absolute atomic E-state index is 12.1. The van der Waals surface area contributed by atoms with Gasteiger partial charge in [0.15, 0.2) is 9.84 Å². The molecule has 1 fully saturated rings. The maximum atomic E-state index is 12.1. The molecule has 1 aromatic heterocycles. The molecule has 24 heavy (non-hydrogen) atoms. The maximum Gasteiger partial charge on any atom is 0.347 e. The first-order valence-corrected chi connectivity index (χ1v) is 9.60. The zero-order valence-corrected chi connectivity index (χ0v) is 14.0. The number of benzene rings is 1. The SMILES string of the molecule is O=c1occc(OCCN2CCS(=O)(=O)CC2)c1-c1ccccc1. The predicted octanol–water partition coefficient (Wildman–Crippen LogP) is 1.42. The van der Waals surface area contributed by atoms with Gasteiger partial charge in [-0.25, -0.2) is 13.2 Å². The largest absolute Gasteiger partial charge is 0.491 e. The van der Waals surface area contributed by atoms with Crippen LogP contribution in [-0.4, -0.2) is 51.1 Å². The molecule has 1 aromatic carbocycles. The van der Waals surface area contributed by atoms with Crippen molar-refractivity contribution in [2.24, 2.45) is 0 Å². The highest BCUT2D eigenvalue weighted by Crippen LogP contribution is 2.26. The third-order valence-electron chi connectivity index (χ3n) is 4.01. The average Bonchev–Trinajstić information content (AvgIpc) is 2.57. The lowest BCUT2D eigenvalue weighted by atomic mass is 10.1. The van der Waals surface area contributed by atoms with E-state index in [0.717, 1.165) is 5.56 Å². The molecule has 3 rings (SSSR count). The van der Waals surface area contributed by atoms with Crippen LogP contribution in [-0.2, 0) is 9.84 Å². The quantitative estimate of drug-likeness (QED) is 0.812. The lowest BCUT2D eigenvalue weighted by molar-refractivity contribution is 0.219. The fraction of sp³-hybridized carbons (Fsp3) is 0.353. The van der Waals surface area contributed by atoms with Gasteiger partial charge in [0, 0.05) is 25.7 Å². The van der Waals surface area contributed by atoms with Crippen LogP contribution in [0.5, 0.6) is 5.75 Å². The molecule has 2 aromatic rings. The number of hydrogen-bond donors (Lipinski definition) is 0. The summed E-state index contributed by atoms with van der Waals surface area (Å²) in [5.74, 6) is 0.857. The second-order valence-corrected chi connectivity index (χ2v) is 7.96. The van der Waals surface area contributed by atoms with Crippen molar-refractivity contribution in [3.05, 3.63) is 53.1 Å². The Hall–Kier alpha value is -2.12. The van der Waals surface area contributed by atoms with Gasteiger partial charge in [-0.2, -0.15) is 0 Å². The van der Waals surface area contributed by atoms with E-state index in [1.165, 1.54) is 6.26 Å². The van der Waals surface area contributed by atoms with Crippen LogP contribution < -0.4 is 10.4 Å². The molecule has 7 heteroatoms. The second kappa shape index (κ2) is 7.19. The lowest BCUT2D eigenvalue weighted by Gasteiger charge is -2.26. The fourth-order valence-corrected chi connectivity index (χ4v) is 3.92. The van der Waals surface area contributed by atoms with E-state index in [0.29, 0.717) is 37.6 Å². The van der Waals surface area contributed by atoms with E-state index in [4.69, 9.17) is 9.15 Å². The van der Waals surface area contributed by atoms with E-state index < -0.39 is 15.5 Å². The molecule has 0 atom stereocenters. The Morgan fingerprint density at radius 1 is 1.08 bits per heavy atom. The summed E-state index contributed by atoms with van der Waals surface area (Å²) in [5, 5.41) is 0. The summed E-state index contributed by atoms with van der Waals surface area (Å²) in [5.41, 5.74) is 0.702. The topological polar surface area (TPSA) is 76.8 Å². The minimum Gasteiger partial charge on any atom is -0.491 e. The fourth-order valence-electron chi connectivity index (χ4n) is 2.64. The molecule has 0 bridgehead atoms. The zero-order valence-electron chi connectivity index (χ0n) is 13.2. The Morgan fingerprint density at radius 2 is 1.79 bits per heavy atom. The van der Waals surface area contributed by atoms with Crippen molar-refractivity contribution in [2.75, 3.05) is 37.7 Å². The van der Waals surface area contributed by atoms with Crippen molar-refractivity contribution in [3.8, 4) is 16.9 Å². The monoisotopic (exact) mass is 349 g/mol. The minimum atomic E-state index is -2.88. The molecule has 0 saturated carbocycles. The Balaban J connectivity index is 1.66. The van der Waals surface area contributed by atoms with Gasteiger partial charge >= 0.3 is 5.63 Å². The molecule has 1 aliphatic rings. The molecular weight excluding hydrogens is 330 g/mol. The smallest absolute Gasteiger partial charge is 0.347 e. The first kappa shape index (κ1) is 16.7. The molecule has 1 saturated heterocycles. The number of ether oxygens (including phenoxy) is 1. The van der Waals surface area contributed by atoms with Gasteiger partial charge in [0.1, 0.15) is 17.9 Å². The average molecular weight is 349 g/mol. The summed E-state index contributed by atoms with van der Waals surface area (Å²) in [4.78, 5) is 14.1. The van der Waals surface area contributed by atoms with Gasteiger partial charge < -0.3 is 9.15 Å². The molecule has 0 N–H and O–H groups in total. The number of sulfone groups is 1. The number of hydrogen-bond acceptors (Lipinski definition) is 6. The summed E-state index contributed by atoms with van der Waals surface area (Å²) in [7, 11) is -2.88. The van der Waals surface area contributed by atoms with Gasteiger partial charge in [-0.15, -0.1) is 0 Å². The van der Waals surface area contributed by atoms with Gasteiger partial charge in [-0.3, -0.25) is 4.90 Å². The van der Waals surface area contributed by atoms with E-state index in [1.807, 2.05) is 30.3 Å². The highest BCUT2D eigenvalue weighted by atomic mass is 32.2. The molecule has 0 amide bonds. The van der Waals surface area contributed by atoms with Crippen molar-refractivity contribution in [3.63, 3.8) is 0 Å². The van der Waals surface area contributed by atoms with Crippen LogP contribution in [0, 0.1) is 0 Å². The molecule has 0 aliphatic carbocycles. The molecular formula is C17H19NO5S. The summed E-state index contributed by atoms with van der Waals surface area (Å²) in [6.07, 6.45) is 1.32. The van der Waals surface area contributed by atoms with Crippen LogP contribution in [0.4, 0.5) is 0 Å². The first-order chi connectivity index (χ1) is 11.6. The predicted molar refractivity (Wildman–Crippen MR) is 91.0 cm³/mol. The van der Waals surface area contributed by atoms with Gasteiger partial charge in [0.2, 0.25) is 0 Å². The third kappa shape index (κ3) is 4.04. The second-order valence-electron chi connectivity index (χ2n) is 5.66. The van der Waals surface area contributed by atoms with Crippen LogP contribution in [0.3, 0.4) is 0 Å². The van der Waals surface area contributed by atoms with Crippen molar-refractivity contribution in [1.29, 1.82) is 0 Å². The minimum absolute atomic E-state index is 0.192. The normalized spacial score (nSPS) is 17.5. The summed E-state index contributed by atoms with van der Waals surface area (Å²) >= 11 is 0. The molecule has 128 valence electrons.